The van der Waals surface area contributed by atoms with Crippen molar-refractivity contribution in [3.05, 3.63) is 57.7 Å². The van der Waals surface area contributed by atoms with Crippen molar-refractivity contribution < 1.29 is 9.72 Å². The molecule has 0 fully saturated rings. The fourth-order valence-corrected chi connectivity index (χ4v) is 1.22. The topological polar surface area (TPSA) is 110 Å². The van der Waals surface area contributed by atoms with Crippen LogP contribution in [0.1, 0.15) is 5.56 Å². The Balaban J connectivity index is 3.03. The molecule has 0 saturated carbocycles. The summed E-state index contributed by atoms with van der Waals surface area (Å²) >= 11 is 0. The Bertz CT molecular complexity index is 582. The maximum Gasteiger partial charge on any atom is 0.276 e. The largest absolute Gasteiger partial charge is 0.365 e. The van der Waals surface area contributed by atoms with Crippen molar-refractivity contribution in [3.8, 4) is 6.07 Å². The SMILES string of the molecule is N#C/C(=C\C=C\c1ccccc1[N+](=O)[O-])C(N)=O. The highest BCUT2D eigenvalue weighted by molar-refractivity contribution is 5.96. The van der Waals surface area contributed by atoms with Crippen LogP contribution >= 0.6 is 0 Å². The lowest BCUT2D eigenvalue weighted by atomic mass is 10.1. The van der Waals surface area contributed by atoms with Gasteiger partial charge >= 0.3 is 0 Å². The second kappa shape index (κ2) is 5.96. The van der Waals surface area contributed by atoms with Gasteiger partial charge in [-0.25, -0.2) is 0 Å². The van der Waals surface area contributed by atoms with E-state index in [0.29, 0.717) is 5.56 Å². The number of hydrogen-bond acceptors (Lipinski definition) is 4. The highest BCUT2D eigenvalue weighted by Gasteiger charge is 2.08. The zero-order chi connectivity index (χ0) is 13.5. The molecule has 0 aliphatic heterocycles. The fraction of sp³-hybridized carbons (Fsp3) is 0. The van der Waals surface area contributed by atoms with E-state index in [-0.39, 0.29) is 11.3 Å². The van der Waals surface area contributed by atoms with Gasteiger partial charge in [0, 0.05) is 6.07 Å². The average Bonchev–Trinajstić information content (AvgIpc) is 2.34. The standard InChI is InChI=1S/C12H9N3O3/c13-8-10(12(14)16)6-3-5-9-4-1-2-7-11(9)15(17)18/h1-7H,(H2,14,16)/b5-3+,10-6+. The number of allylic oxidation sites excluding steroid dienone is 2. The van der Waals surface area contributed by atoms with Crippen molar-refractivity contribution in [2.24, 2.45) is 5.73 Å². The predicted octanol–water partition coefficient (Wildman–Crippen LogP) is 1.54. The van der Waals surface area contributed by atoms with Gasteiger partial charge in [0.1, 0.15) is 11.6 Å². The number of carbonyl (C=O) groups is 1. The molecule has 6 heteroatoms. The molecule has 90 valence electrons. The molecule has 1 aromatic rings. The normalized spacial score (nSPS) is 11.2. The first-order chi connectivity index (χ1) is 8.56. The van der Waals surface area contributed by atoms with E-state index in [1.807, 2.05) is 0 Å². The quantitative estimate of drug-likeness (QED) is 0.284. The molecule has 0 atom stereocenters. The van der Waals surface area contributed by atoms with Crippen LogP contribution in [0.5, 0.6) is 0 Å². The van der Waals surface area contributed by atoms with Crippen LogP contribution in [0.3, 0.4) is 0 Å². The molecule has 6 nitrogen and oxygen atoms in total. The van der Waals surface area contributed by atoms with E-state index < -0.39 is 10.8 Å². The van der Waals surface area contributed by atoms with Crippen LogP contribution < -0.4 is 5.73 Å². The van der Waals surface area contributed by atoms with E-state index in [9.17, 15) is 14.9 Å². The van der Waals surface area contributed by atoms with Gasteiger partial charge in [-0.1, -0.05) is 18.2 Å². The predicted molar refractivity (Wildman–Crippen MR) is 65.0 cm³/mol. The second-order valence-corrected chi connectivity index (χ2v) is 3.23. The Morgan fingerprint density at radius 2 is 2.11 bits per heavy atom. The van der Waals surface area contributed by atoms with Crippen molar-refractivity contribution >= 4 is 17.7 Å². The van der Waals surface area contributed by atoms with Crippen molar-refractivity contribution in [1.82, 2.24) is 0 Å². The molecule has 2 N–H and O–H groups in total. The molecule has 0 aliphatic carbocycles. The van der Waals surface area contributed by atoms with Crippen molar-refractivity contribution in [2.75, 3.05) is 0 Å². The maximum atomic E-state index is 10.7. The van der Waals surface area contributed by atoms with Crippen LogP contribution in [0.15, 0.2) is 42.0 Å². The van der Waals surface area contributed by atoms with Gasteiger partial charge < -0.3 is 5.73 Å². The maximum absolute atomic E-state index is 10.7. The van der Waals surface area contributed by atoms with Crippen molar-refractivity contribution in [1.29, 1.82) is 5.26 Å². The summed E-state index contributed by atoms with van der Waals surface area (Å²) in [4.78, 5) is 20.9. The van der Waals surface area contributed by atoms with E-state index >= 15 is 0 Å². The molecule has 0 aliphatic rings. The number of hydrogen-bond donors (Lipinski definition) is 1. The average molecular weight is 243 g/mol. The highest BCUT2D eigenvalue weighted by Crippen LogP contribution is 2.18. The Kier molecular flexibility index (Phi) is 4.35. The third kappa shape index (κ3) is 3.28. The number of benzene rings is 1. The summed E-state index contributed by atoms with van der Waals surface area (Å²) in [7, 11) is 0. The van der Waals surface area contributed by atoms with Crippen LogP contribution in [-0.4, -0.2) is 10.8 Å². The highest BCUT2D eigenvalue weighted by atomic mass is 16.6. The molecule has 1 amide bonds. The number of nitrogens with two attached hydrogens (primary N) is 1. The molecule has 0 unspecified atom stereocenters. The Hall–Kier alpha value is -2.94. The summed E-state index contributed by atoms with van der Waals surface area (Å²) in [6, 6.07) is 7.74. The molecule has 1 rings (SSSR count). The minimum absolute atomic E-state index is 0.0558. The summed E-state index contributed by atoms with van der Waals surface area (Å²) in [5, 5.41) is 19.3. The second-order valence-electron chi connectivity index (χ2n) is 3.23. The zero-order valence-electron chi connectivity index (χ0n) is 9.24. The Morgan fingerprint density at radius 3 is 2.67 bits per heavy atom. The molecule has 0 aromatic heterocycles. The number of rotatable bonds is 4. The van der Waals surface area contributed by atoms with Crippen molar-refractivity contribution in [2.45, 2.75) is 0 Å². The Morgan fingerprint density at radius 1 is 1.44 bits per heavy atom. The first-order valence-corrected chi connectivity index (χ1v) is 4.88. The summed E-state index contributed by atoms with van der Waals surface area (Å²) in [6.45, 7) is 0. The number of para-hydroxylation sites is 1. The number of carbonyl (C=O) groups excluding carboxylic acids is 1. The van der Waals surface area contributed by atoms with Crippen LogP contribution in [0.2, 0.25) is 0 Å². The van der Waals surface area contributed by atoms with E-state index in [2.05, 4.69) is 0 Å². The third-order valence-corrected chi connectivity index (χ3v) is 2.06. The van der Waals surface area contributed by atoms with Crippen LogP contribution in [0, 0.1) is 21.4 Å². The lowest BCUT2D eigenvalue weighted by molar-refractivity contribution is -0.385. The van der Waals surface area contributed by atoms with Gasteiger partial charge in [-0.05, 0) is 18.2 Å². The lowest BCUT2D eigenvalue weighted by Gasteiger charge is -1.95. The Labute approximate surface area is 103 Å². The van der Waals surface area contributed by atoms with E-state index in [1.54, 1.807) is 24.3 Å². The molecule has 0 radical (unpaired) electrons. The minimum Gasteiger partial charge on any atom is -0.365 e. The van der Waals surface area contributed by atoms with Gasteiger partial charge in [0.05, 0.1) is 10.5 Å². The minimum atomic E-state index is -0.843. The van der Waals surface area contributed by atoms with Gasteiger partial charge in [0.2, 0.25) is 0 Å². The molecule has 0 heterocycles. The lowest BCUT2D eigenvalue weighted by Crippen LogP contribution is -2.12. The van der Waals surface area contributed by atoms with Gasteiger partial charge in [-0.15, -0.1) is 0 Å². The van der Waals surface area contributed by atoms with Gasteiger partial charge in [-0.3, -0.25) is 14.9 Å². The third-order valence-electron chi connectivity index (χ3n) is 2.06. The number of amides is 1. The van der Waals surface area contributed by atoms with Gasteiger partial charge in [-0.2, -0.15) is 5.26 Å². The zero-order valence-corrected chi connectivity index (χ0v) is 9.24. The number of nitro groups is 1. The number of primary amides is 1. The van der Waals surface area contributed by atoms with Crippen molar-refractivity contribution in [3.63, 3.8) is 0 Å². The molecule has 18 heavy (non-hydrogen) atoms. The van der Waals surface area contributed by atoms with E-state index in [4.69, 9.17) is 11.0 Å². The molecular weight excluding hydrogens is 234 g/mol. The number of nitro benzene ring substituents is 1. The number of nitrogens with zero attached hydrogens (tertiary/aromatic N) is 2. The first-order valence-electron chi connectivity index (χ1n) is 4.88. The first kappa shape index (κ1) is 13.1. The molecule has 1 aromatic carbocycles. The van der Waals surface area contributed by atoms with Gasteiger partial charge in [0.15, 0.2) is 0 Å². The van der Waals surface area contributed by atoms with E-state index in [1.165, 1.54) is 24.3 Å². The summed E-state index contributed by atoms with van der Waals surface area (Å²) in [6.07, 6.45) is 4.00. The van der Waals surface area contributed by atoms with Crippen LogP contribution in [0.25, 0.3) is 6.08 Å². The van der Waals surface area contributed by atoms with E-state index in [0.717, 1.165) is 0 Å². The molecule has 0 bridgehead atoms. The van der Waals surface area contributed by atoms with Gasteiger partial charge in [0.25, 0.3) is 11.6 Å². The fourth-order valence-electron chi connectivity index (χ4n) is 1.22. The molecular formula is C12H9N3O3. The molecule has 0 saturated heterocycles. The van der Waals surface area contributed by atoms with Crippen LogP contribution in [0.4, 0.5) is 5.69 Å². The van der Waals surface area contributed by atoms with Crippen LogP contribution in [-0.2, 0) is 4.79 Å². The smallest absolute Gasteiger partial charge is 0.276 e. The molecule has 0 spiro atoms. The summed E-state index contributed by atoms with van der Waals surface area (Å²) in [5.74, 6) is -0.843. The summed E-state index contributed by atoms with van der Waals surface area (Å²) < 4.78 is 0. The number of nitriles is 1. The summed E-state index contributed by atoms with van der Waals surface area (Å²) in [5.41, 5.74) is 5.03. The monoisotopic (exact) mass is 243 g/mol.